The van der Waals surface area contributed by atoms with E-state index in [1.807, 2.05) is 43.8 Å². The molecule has 0 bridgehead atoms. The van der Waals surface area contributed by atoms with E-state index in [-0.39, 0.29) is 18.2 Å². The van der Waals surface area contributed by atoms with E-state index in [1.54, 1.807) is 11.6 Å². The molecule has 1 unspecified atom stereocenters. The molecule has 0 aliphatic heterocycles. The Kier molecular flexibility index (Phi) is 4.43. The van der Waals surface area contributed by atoms with E-state index in [9.17, 15) is 9.90 Å². The first kappa shape index (κ1) is 16.7. The fourth-order valence-electron chi connectivity index (χ4n) is 3.50. The van der Waals surface area contributed by atoms with Gasteiger partial charge in [0.2, 0.25) is 0 Å². The van der Waals surface area contributed by atoms with E-state index in [2.05, 4.69) is 10.4 Å². The lowest BCUT2D eigenvalue weighted by Gasteiger charge is -2.20. The van der Waals surface area contributed by atoms with Gasteiger partial charge in [0.15, 0.2) is 0 Å². The Morgan fingerprint density at radius 3 is 2.67 bits per heavy atom. The minimum Gasteiger partial charge on any atom is -0.394 e. The molecule has 128 valence electrons. The van der Waals surface area contributed by atoms with Crippen molar-refractivity contribution in [2.24, 2.45) is 7.05 Å². The average molecular weight is 328 g/mol. The monoisotopic (exact) mass is 328 g/mol. The molecule has 2 heterocycles. The minimum absolute atomic E-state index is 0.0228. The van der Waals surface area contributed by atoms with Crippen LogP contribution < -0.4 is 10.9 Å². The molecular formula is C18H24N4O2. The van der Waals surface area contributed by atoms with E-state index in [1.165, 1.54) is 0 Å². The smallest absolute Gasteiger partial charge is 0.259 e. The molecule has 0 radical (unpaired) electrons. The lowest BCUT2D eigenvalue weighted by molar-refractivity contribution is 0.247. The fourth-order valence-corrected chi connectivity index (χ4v) is 3.50. The fraction of sp³-hybridized carbons (Fsp3) is 0.444. The number of fused-ring (bicyclic) bond motifs is 3. The Morgan fingerprint density at radius 1 is 1.29 bits per heavy atom. The number of benzene rings is 1. The summed E-state index contributed by atoms with van der Waals surface area (Å²) in [7, 11) is 1.79. The van der Waals surface area contributed by atoms with Crippen LogP contribution in [0, 0.1) is 6.92 Å². The Morgan fingerprint density at radius 2 is 2.04 bits per heavy atom. The highest BCUT2D eigenvalue weighted by molar-refractivity contribution is 6.06. The highest BCUT2D eigenvalue weighted by Crippen LogP contribution is 2.30. The van der Waals surface area contributed by atoms with Gasteiger partial charge in [0.25, 0.3) is 5.56 Å². The maximum Gasteiger partial charge on any atom is 0.259 e. The summed E-state index contributed by atoms with van der Waals surface area (Å²) in [6.07, 6.45) is 1.82. The van der Waals surface area contributed by atoms with Crippen molar-refractivity contribution in [1.82, 2.24) is 19.7 Å². The molecule has 0 aliphatic rings. The number of hydrogen-bond acceptors (Lipinski definition) is 4. The van der Waals surface area contributed by atoms with Crippen LogP contribution in [0.3, 0.4) is 0 Å². The second-order valence-electron chi connectivity index (χ2n) is 6.13. The van der Waals surface area contributed by atoms with Crippen molar-refractivity contribution < 1.29 is 5.11 Å². The third kappa shape index (κ3) is 2.42. The molecule has 2 N–H and O–H groups in total. The van der Waals surface area contributed by atoms with Crippen LogP contribution in [0.1, 0.15) is 31.0 Å². The molecule has 1 atom stereocenters. The predicted octanol–water partition coefficient (Wildman–Crippen LogP) is 1.86. The van der Waals surface area contributed by atoms with Crippen LogP contribution in [0.2, 0.25) is 0 Å². The molecule has 0 saturated heterocycles. The van der Waals surface area contributed by atoms with E-state index in [0.29, 0.717) is 11.9 Å². The van der Waals surface area contributed by atoms with Crippen LogP contribution >= 0.6 is 0 Å². The van der Waals surface area contributed by atoms with Gasteiger partial charge in [-0.15, -0.1) is 0 Å². The largest absolute Gasteiger partial charge is 0.394 e. The third-order valence-electron chi connectivity index (χ3n) is 4.55. The van der Waals surface area contributed by atoms with Crippen molar-refractivity contribution in [2.75, 3.05) is 13.2 Å². The van der Waals surface area contributed by atoms with Gasteiger partial charge < -0.3 is 10.4 Å². The summed E-state index contributed by atoms with van der Waals surface area (Å²) in [4.78, 5) is 12.9. The first-order chi connectivity index (χ1) is 11.5. The van der Waals surface area contributed by atoms with Crippen molar-refractivity contribution in [3.63, 3.8) is 0 Å². The van der Waals surface area contributed by atoms with Crippen molar-refractivity contribution in [2.45, 2.75) is 33.4 Å². The molecule has 0 saturated carbocycles. The van der Waals surface area contributed by atoms with Crippen LogP contribution in [0.15, 0.2) is 23.1 Å². The third-order valence-corrected chi connectivity index (χ3v) is 4.55. The van der Waals surface area contributed by atoms with Gasteiger partial charge in [-0.1, -0.05) is 13.0 Å². The number of hydrogen-bond donors (Lipinski definition) is 2. The molecule has 0 fully saturated rings. The number of aromatic nitrogens is 3. The number of aliphatic hydroxyl groups is 1. The van der Waals surface area contributed by atoms with Crippen LogP contribution in [-0.4, -0.2) is 32.6 Å². The number of nitrogens with zero attached hydrogens (tertiary/aromatic N) is 3. The van der Waals surface area contributed by atoms with Crippen molar-refractivity contribution in [1.29, 1.82) is 0 Å². The predicted molar refractivity (Wildman–Crippen MR) is 96.4 cm³/mol. The Bertz CT molecular complexity index is 955. The van der Waals surface area contributed by atoms with Gasteiger partial charge in [-0.3, -0.25) is 9.36 Å². The molecule has 0 aliphatic carbocycles. The van der Waals surface area contributed by atoms with E-state index >= 15 is 0 Å². The number of nitrogens with one attached hydrogen (secondary N) is 1. The van der Waals surface area contributed by atoms with Gasteiger partial charge in [-0.05, 0) is 37.6 Å². The average Bonchev–Trinajstić information content (AvgIpc) is 3.00. The van der Waals surface area contributed by atoms with Crippen LogP contribution in [0.4, 0.5) is 0 Å². The maximum absolute atomic E-state index is 12.9. The number of rotatable bonds is 5. The first-order valence-electron chi connectivity index (χ1n) is 8.36. The first-order valence-corrected chi connectivity index (χ1v) is 8.36. The van der Waals surface area contributed by atoms with Crippen LogP contribution in [0.25, 0.3) is 21.8 Å². The Labute approximate surface area is 140 Å². The highest BCUT2D eigenvalue weighted by Gasteiger charge is 2.20. The standard InChI is InChI=1S/C18H24N4O2/c1-5-19-15(10-23)12-7-11(3)8-13-16(12)14-9-20-22(6-2)17(14)21(4)18(13)24/h7-9,15,19,23H,5-6,10H2,1-4H3. The second-order valence-corrected chi connectivity index (χ2v) is 6.13. The quantitative estimate of drug-likeness (QED) is 0.750. The van der Waals surface area contributed by atoms with E-state index < -0.39 is 0 Å². The van der Waals surface area contributed by atoms with Crippen molar-refractivity contribution in [3.05, 3.63) is 39.8 Å². The summed E-state index contributed by atoms with van der Waals surface area (Å²) < 4.78 is 3.50. The molecule has 2 aromatic heterocycles. The van der Waals surface area contributed by atoms with Gasteiger partial charge in [0, 0.05) is 29.8 Å². The molecule has 6 nitrogen and oxygen atoms in total. The number of pyridine rings is 1. The lowest BCUT2D eigenvalue weighted by Crippen LogP contribution is -2.26. The zero-order valence-corrected chi connectivity index (χ0v) is 14.6. The summed E-state index contributed by atoms with van der Waals surface area (Å²) >= 11 is 0. The normalized spacial score (nSPS) is 13.0. The van der Waals surface area contributed by atoms with Gasteiger partial charge >= 0.3 is 0 Å². The summed E-state index contributed by atoms with van der Waals surface area (Å²) in [5.74, 6) is 0. The van der Waals surface area contributed by atoms with Crippen molar-refractivity contribution in [3.8, 4) is 0 Å². The molecule has 3 aromatic rings. The molecule has 3 rings (SSSR count). The molecule has 6 heteroatoms. The van der Waals surface area contributed by atoms with Gasteiger partial charge in [-0.25, -0.2) is 4.68 Å². The van der Waals surface area contributed by atoms with Crippen LogP contribution in [0.5, 0.6) is 0 Å². The summed E-state index contributed by atoms with van der Waals surface area (Å²) in [5, 5.41) is 20.1. The van der Waals surface area contributed by atoms with E-state index in [4.69, 9.17) is 0 Å². The molecule has 0 amide bonds. The Balaban J connectivity index is 2.51. The number of aliphatic hydroxyl groups excluding tert-OH is 1. The summed E-state index contributed by atoms with van der Waals surface area (Å²) in [6, 6.07) is 3.76. The SMILES string of the molecule is CCNC(CO)c1cc(C)cc2c(=O)n(C)c3c(cnn3CC)c12. The Hall–Kier alpha value is -2.18. The minimum atomic E-state index is -0.210. The number of likely N-dealkylation sites (N-methyl/N-ethyl adjacent to an activating group) is 1. The number of aryl methyl sites for hydroxylation is 3. The van der Waals surface area contributed by atoms with Gasteiger partial charge in [0.1, 0.15) is 5.65 Å². The molecule has 1 aromatic carbocycles. The topological polar surface area (TPSA) is 72.1 Å². The summed E-state index contributed by atoms with van der Waals surface area (Å²) in [5.41, 5.74) is 2.74. The van der Waals surface area contributed by atoms with Gasteiger partial charge in [-0.2, -0.15) is 5.10 Å². The second kappa shape index (κ2) is 6.37. The molecule has 24 heavy (non-hydrogen) atoms. The zero-order valence-electron chi connectivity index (χ0n) is 14.6. The zero-order chi connectivity index (χ0) is 17.4. The molecular weight excluding hydrogens is 304 g/mol. The lowest BCUT2D eigenvalue weighted by atomic mass is 9.95. The van der Waals surface area contributed by atoms with Gasteiger partial charge in [0.05, 0.1) is 18.8 Å². The van der Waals surface area contributed by atoms with Crippen LogP contribution in [-0.2, 0) is 13.6 Å². The van der Waals surface area contributed by atoms with Crippen molar-refractivity contribution >= 4 is 21.8 Å². The summed E-state index contributed by atoms with van der Waals surface area (Å²) in [6.45, 7) is 7.40. The molecule has 0 spiro atoms. The maximum atomic E-state index is 12.9. The highest BCUT2D eigenvalue weighted by atomic mass is 16.3. The van der Waals surface area contributed by atoms with E-state index in [0.717, 1.165) is 34.1 Å².